The summed E-state index contributed by atoms with van der Waals surface area (Å²) in [6.07, 6.45) is 0. The van der Waals surface area contributed by atoms with Crippen LogP contribution in [-0.2, 0) is 6.54 Å². The van der Waals surface area contributed by atoms with Crippen LogP contribution in [0.1, 0.15) is 36.7 Å². The fourth-order valence-corrected chi connectivity index (χ4v) is 1.51. The van der Waals surface area contributed by atoms with Gasteiger partial charge in [-0.1, -0.05) is 12.1 Å². The third-order valence-corrected chi connectivity index (χ3v) is 2.52. The van der Waals surface area contributed by atoms with Crippen LogP contribution in [0.3, 0.4) is 0 Å². The van der Waals surface area contributed by atoms with Gasteiger partial charge in [0.15, 0.2) is 0 Å². The van der Waals surface area contributed by atoms with E-state index in [0.29, 0.717) is 18.7 Å². The Hall–Kier alpha value is -1.39. The second-order valence-corrected chi connectivity index (χ2v) is 5.33. The topological polar surface area (TPSA) is 67.1 Å². The minimum absolute atomic E-state index is 0.0470. The van der Waals surface area contributed by atoms with Crippen molar-refractivity contribution in [3.63, 3.8) is 0 Å². The van der Waals surface area contributed by atoms with E-state index in [4.69, 9.17) is 5.73 Å². The highest BCUT2D eigenvalue weighted by Gasteiger charge is 2.08. The van der Waals surface area contributed by atoms with Crippen molar-refractivity contribution in [2.75, 3.05) is 13.1 Å². The van der Waals surface area contributed by atoms with E-state index in [-0.39, 0.29) is 11.4 Å². The van der Waals surface area contributed by atoms with Crippen molar-refractivity contribution in [2.45, 2.75) is 32.9 Å². The average Bonchev–Trinajstić information content (AvgIpc) is 2.33. The molecule has 4 N–H and O–H groups in total. The minimum atomic E-state index is -0.0470. The van der Waals surface area contributed by atoms with Crippen molar-refractivity contribution >= 4 is 5.91 Å². The number of hydrogen-bond donors (Lipinski definition) is 3. The van der Waals surface area contributed by atoms with Crippen molar-refractivity contribution in [1.82, 2.24) is 10.6 Å². The van der Waals surface area contributed by atoms with Gasteiger partial charge in [-0.25, -0.2) is 0 Å². The molecule has 0 aromatic heterocycles. The maximum atomic E-state index is 11.8. The van der Waals surface area contributed by atoms with Crippen LogP contribution in [0.2, 0.25) is 0 Å². The Balaban J connectivity index is 2.36. The molecule has 0 saturated carbocycles. The lowest BCUT2D eigenvalue weighted by Crippen LogP contribution is -2.41. The van der Waals surface area contributed by atoms with Gasteiger partial charge in [-0.2, -0.15) is 0 Å². The number of carbonyl (C=O) groups excluding carboxylic acids is 1. The molecule has 0 aliphatic carbocycles. The fraction of sp³-hybridized carbons (Fsp3) is 0.500. The molecule has 0 atom stereocenters. The van der Waals surface area contributed by atoms with Gasteiger partial charge >= 0.3 is 0 Å². The number of nitrogens with one attached hydrogen (secondary N) is 2. The molecular weight excluding hydrogens is 226 g/mol. The molecule has 0 spiro atoms. The first-order chi connectivity index (χ1) is 8.42. The first-order valence-corrected chi connectivity index (χ1v) is 6.24. The Kier molecular flexibility index (Phi) is 5.31. The zero-order valence-electron chi connectivity index (χ0n) is 11.4. The molecule has 1 rings (SSSR count). The number of hydrogen-bond acceptors (Lipinski definition) is 3. The Morgan fingerprint density at radius 1 is 1.17 bits per heavy atom. The minimum Gasteiger partial charge on any atom is -0.351 e. The molecule has 4 heteroatoms. The second-order valence-electron chi connectivity index (χ2n) is 5.33. The third kappa shape index (κ3) is 5.29. The summed E-state index contributed by atoms with van der Waals surface area (Å²) in [5, 5.41) is 6.19. The third-order valence-electron chi connectivity index (χ3n) is 2.52. The molecule has 0 bridgehead atoms. The number of amides is 1. The predicted molar refractivity (Wildman–Crippen MR) is 74.4 cm³/mol. The van der Waals surface area contributed by atoms with Crippen LogP contribution < -0.4 is 16.4 Å². The zero-order chi connectivity index (χ0) is 13.6. The first-order valence-electron chi connectivity index (χ1n) is 6.24. The quantitative estimate of drug-likeness (QED) is 0.688. The largest absolute Gasteiger partial charge is 0.351 e. The lowest BCUT2D eigenvalue weighted by molar-refractivity contribution is 0.0953. The summed E-state index contributed by atoms with van der Waals surface area (Å²) in [6, 6.07) is 7.36. The zero-order valence-corrected chi connectivity index (χ0v) is 11.4. The van der Waals surface area contributed by atoms with Gasteiger partial charge in [0.2, 0.25) is 0 Å². The van der Waals surface area contributed by atoms with Crippen LogP contribution in [0, 0.1) is 0 Å². The van der Waals surface area contributed by atoms with Gasteiger partial charge in [0.05, 0.1) is 0 Å². The molecule has 1 aromatic rings. The Morgan fingerprint density at radius 3 is 2.28 bits per heavy atom. The molecule has 1 amide bonds. The molecule has 0 aliphatic heterocycles. The van der Waals surface area contributed by atoms with E-state index in [1.165, 1.54) is 0 Å². The lowest BCUT2D eigenvalue weighted by atomic mass is 10.1. The molecule has 0 fully saturated rings. The van der Waals surface area contributed by atoms with Crippen LogP contribution in [0.15, 0.2) is 24.3 Å². The maximum absolute atomic E-state index is 11.8. The summed E-state index contributed by atoms with van der Waals surface area (Å²) >= 11 is 0. The lowest BCUT2D eigenvalue weighted by Gasteiger charge is -2.20. The summed E-state index contributed by atoms with van der Waals surface area (Å²) in [4.78, 5) is 11.8. The maximum Gasteiger partial charge on any atom is 0.251 e. The van der Waals surface area contributed by atoms with E-state index >= 15 is 0 Å². The van der Waals surface area contributed by atoms with Gasteiger partial charge in [0.1, 0.15) is 0 Å². The van der Waals surface area contributed by atoms with Crippen molar-refractivity contribution in [2.24, 2.45) is 5.73 Å². The van der Waals surface area contributed by atoms with E-state index < -0.39 is 0 Å². The van der Waals surface area contributed by atoms with Gasteiger partial charge in [-0.05, 0) is 38.5 Å². The first kappa shape index (κ1) is 14.7. The van der Waals surface area contributed by atoms with Crippen molar-refractivity contribution in [1.29, 1.82) is 0 Å². The highest BCUT2D eigenvalue weighted by Crippen LogP contribution is 2.03. The normalized spacial score (nSPS) is 11.3. The second kappa shape index (κ2) is 6.52. The van der Waals surface area contributed by atoms with Gasteiger partial charge in [0, 0.05) is 30.7 Å². The molecule has 100 valence electrons. The molecule has 4 nitrogen and oxygen atoms in total. The monoisotopic (exact) mass is 249 g/mol. The number of rotatable bonds is 5. The Morgan fingerprint density at radius 2 is 1.78 bits per heavy atom. The van der Waals surface area contributed by atoms with Gasteiger partial charge in [-0.15, -0.1) is 0 Å². The highest BCUT2D eigenvalue weighted by atomic mass is 16.1. The molecule has 0 heterocycles. The van der Waals surface area contributed by atoms with E-state index in [1.807, 2.05) is 12.1 Å². The molecule has 0 aliphatic rings. The molecule has 0 unspecified atom stereocenters. The summed E-state index contributed by atoms with van der Waals surface area (Å²) in [6.45, 7) is 8.17. The number of nitrogens with two attached hydrogens (primary N) is 1. The van der Waals surface area contributed by atoms with Crippen LogP contribution in [0.4, 0.5) is 0 Å². The van der Waals surface area contributed by atoms with E-state index in [1.54, 1.807) is 12.1 Å². The van der Waals surface area contributed by atoms with Crippen molar-refractivity contribution < 1.29 is 4.79 Å². The van der Waals surface area contributed by atoms with Crippen molar-refractivity contribution in [3.8, 4) is 0 Å². The molecule has 0 radical (unpaired) electrons. The fourth-order valence-electron chi connectivity index (χ4n) is 1.51. The molecule has 18 heavy (non-hydrogen) atoms. The van der Waals surface area contributed by atoms with Crippen molar-refractivity contribution in [3.05, 3.63) is 35.4 Å². The van der Waals surface area contributed by atoms with E-state index in [0.717, 1.165) is 12.1 Å². The standard InChI is InChI=1S/C14H23N3O/c1-14(2,3)17-9-8-16-13(18)12-6-4-11(10-15)5-7-12/h4-7,17H,8-10,15H2,1-3H3,(H,16,18). The van der Waals surface area contributed by atoms with Crippen LogP contribution in [0.5, 0.6) is 0 Å². The summed E-state index contributed by atoms with van der Waals surface area (Å²) in [5.41, 5.74) is 7.28. The number of carbonyl (C=O) groups is 1. The highest BCUT2D eigenvalue weighted by molar-refractivity contribution is 5.94. The smallest absolute Gasteiger partial charge is 0.251 e. The Labute approximate surface area is 109 Å². The van der Waals surface area contributed by atoms with E-state index in [2.05, 4.69) is 31.4 Å². The predicted octanol–water partition coefficient (Wildman–Crippen LogP) is 1.26. The Bertz CT molecular complexity index is 379. The van der Waals surface area contributed by atoms with Crippen LogP contribution in [0.25, 0.3) is 0 Å². The summed E-state index contributed by atoms with van der Waals surface area (Å²) in [7, 11) is 0. The van der Waals surface area contributed by atoms with Crippen LogP contribution >= 0.6 is 0 Å². The number of benzene rings is 1. The van der Waals surface area contributed by atoms with Gasteiger partial charge in [0.25, 0.3) is 5.91 Å². The van der Waals surface area contributed by atoms with E-state index in [9.17, 15) is 4.79 Å². The molecule has 1 aromatic carbocycles. The molecule has 0 saturated heterocycles. The average molecular weight is 249 g/mol. The SMILES string of the molecule is CC(C)(C)NCCNC(=O)c1ccc(CN)cc1. The van der Waals surface area contributed by atoms with Gasteiger partial charge < -0.3 is 16.4 Å². The summed E-state index contributed by atoms with van der Waals surface area (Å²) in [5.74, 6) is -0.0470. The van der Waals surface area contributed by atoms with Gasteiger partial charge in [-0.3, -0.25) is 4.79 Å². The van der Waals surface area contributed by atoms with Crippen LogP contribution in [-0.4, -0.2) is 24.5 Å². The molecular formula is C14H23N3O. The summed E-state index contributed by atoms with van der Waals surface area (Å²) < 4.78 is 0.